The molecule has 0 aliphatic carbocycles. The second-order valence-electron chi connectivity index (χ2n) is 6.71. The predicted molar refractivity (Wildman–Crippen MR) is 106 cm³/mol. The van der Waals surface area contributed by atoms with E-state index in [1.165, 1.54) is 0 Å². The Balaban J connectivity index is 1.69. The number of aryl methyl sites for hydroxylation is 1. The van der Waals surface area contributed by atoms with Crippen molar-refractivity contribution >= 4 is 34.5 Å². The van der Waals surface area contributed by atoms with Crippen LogP contribution in [0.25, 0.3) is 22.6 Å². The van der Waals surface area contributed by atoms with E-state index in [-0.39, 0.29) is 5.91 Å². The van der Waals surface area contributed by atoms with Crippen LogP contribution in [0.15, 0.2) is 30.6 Å². The van der Waals surface area contributed by atoms with Crippen molar-refractivity contribution < 1.29 is 4.79 Å². The Morgan fingerprint density at radius 1 is 1.19 bits per heavy atom. The molecule has 1 aliphatic heterocycles. The summed E-state index contributed by atoms with van der Waals surface area (Å²) >= 11 is 6.46. The highest BCUT2D eigenvalue weighted by molar-refractivity contribution is 6.33. The fraction of sp³-hybridized carbons (Fsp3) is 0.368. The Bertz CT molecular complexity index is 1000. The van der Waals surface area contributed by atoms with Crippen LogP contribution < -0.4 is 4.90 Å². The average Bonchev–Trinajstić information content (AvgIpc) is 2.84. The van der Waals surface area contributed by atoms with Gasteiger partial charge in [0.2, 0.25) is 5.91 Å². The first-order valence-electron chi connectivity index (χ1n) is 8.98. The molecule has 4 heterocycles. The van der Waals surface area contributed by atoms with Crippen molar-refractivity contribution in [1.82, 2.24) is 24.4 Å². The van der Waals surface area contributed by atoms with E-state index in [4.69, 9.17) is 16.6 Å². The number of rotatable bonds is 2. The number of amides is 1. The lowest BCUT2D eigenvalue weighted by Gasteiger charge is -2.23. The van der Waals surface area contributed by atoms with Gasteiger partial charge in [-0.2, -0.15) is 0 Å². The summed E-state index contributed by atoms with van der Waals surface area (Å²) < 4.78 is 1.94. The van der Waals surface area contributed by atoms with E-state index in [0.717, 1.165) is 54.4 Å². The molecule has 1 fully saturated rings. The quantitative estimate of drug-likeness (QED) is 0.679. The molecule has 7 nitrogen and oxygen atoms in total. The molecule has 1 aliphatic rings. The molecule has 1 saturated heterocycles. The lowest BCUT2D eigenvalue weighted by molar-refractivity contribution is -0.128. The Morgan fingerprint density at radius 2 is 2.04 bits per heavy atom. The standard InChI is InChI=1S/C19H21ClN6O/c1-13(27)25-7-4-8-26(10-9-25)17-11-14(15(20)12-22-17)18-23-16-5-3-6-21-19(16)24(18)2/h3,5-6,11-12H,4,7-10H2,1-2H3. The fourth-order valence-corrected chi connectivity index (χ4v) is 3.69. The molecule has 0 bridgehead atoms. The van der Waals surface area contributed by atoms with Gasteiger partial charge in [-0.05, 0) is 24.6 Å². The van der Waals surface area contributed by atoms with Crippen LogP contribution in [0.5, 0.6) is 0 Å². The molecule has 0 saturated carbocycles. The number of nitrogens with zero attached hydrogens (tertiary/aromatic N) is 6. The monoisotopic (exact) mass is 384 g/mol. The Kier molecular flexibility index (Phi) is 4.70. The zero-order chi connectivity index (χ0) is 19.0. The first kappa shape index (κ1) is 17.7. The van der Waals surface area contributed by atoms with Gasteiger partial charge < -0.3 is 14.4 Å². The van der Waals surface area contributed by atoms with Crippen LogP contribution in [0.1, 0.15) is 13.3 Å². The molecule has 140 valence electrons. The predicted octanol–water partition coefficient (Wildman–Crippen LogP) is 2.74. The minimum atomic E-state index is 0.119. The molecule has 0 atom stereocenters. The van der Waals surface area contributed by atoms with Crippen molar-refractivity contribution in [2.24, 2.45) is 7.05 Å². The summed E-state index contributed by atoms with van der Waals surface area (Å²) in [5.41, 5.74) is 2.47. The molecule has 0 aromatic carbocycles. The fourth-order valence-electron chi connectivity index (χ4n) is 3.50. The summed E-state index contributed by atoms with van der Waals surface area (Å²) in [5, 5.41) is 0.553. The minimum absolute atomic E-state index is 0.119. The summed E-state index contributed by atoms with van der Waals surface area (Å²) in [5.74, 6) is 1.73. The van der Waals surface area contributed by atoms with Gasteiger partial charge in [0.1, 0.15) is 17.2 Å². The molecule has 8 heteroatoms. The summed E-state index contributed by atoms with van der Waals surface area (Å²) in [6.45, 7) is 4.70. The normalized spacial score (nSPS) is 15.2. The third-order valence-electron chi connectivity index (χ3n) is 4.97. The van der Waals surface area contributed by atoms with Crippen molar-refractivity contribution in [3.05, 3.63) is 35.6 Å². The summed E-state index contributed by atoms with van der Waals surface area (Å²) in [6, 6.07) is 5.79. The number of hydrogen-bond acceptors (Lipinski definition) is 5. The molecule has 3 aromatic heterocycles. The summed E-state index contributed by atoms with van der Waals surface area (Å²) in [7, 11) is 1.94. The summed E-state index contributed by atoms with van der Waals surface area (Å²) in [6.07, 6.45) is 4.34. The van der Waals surface area contributed by atoms with E-state index in [0.29, 0.717) is 11.6 Å². The van der Waals surface area contributed by atoms with Gasteiger partial charge in [-0.25, -0.2) is 15.0 Å². The Hall–Kier alpha value is -2.67. The number of pyridine rings is 2. The van der Waals surface area contributed by atoms with Gasteiger partial charge in [0.15, 0.2) is 5.65 Å². The molecule has 1 amide bonds. The van der Waals surface area contributed by atoms with E-state index >= 15 is 0 Å². The lowest BCUT2D eigenvalue weighted by Crippen LogP contribution is -2.33. The molecule has 3 aromatic rings. The number of halogens is 1. The maximum Gasteiger partial charge on any atom is 0.219 e. The van der Waals surface area contributed by atoms with E-state index < -0.39 is 0 Å². The topological polar surface area (TPSA) is 67.2 Å². The first-order valence-corrected chi connectivity index (χ1v) is 9.36. The highest BCUT2D eigenvalue weighted by atomic mass is 35.5. The zero-order valence-electron chi connectivity index (χ0n) is 15.4. The maximum absolute atomic E-state index is 11.7. The summed E-state index contributed by atoms with van der Waals surface area (Å²) in [4.78, 5) is 29.4. The van der Waals surface area contributed by atoms with Crippen molar-refractivity contribution in [3.63, 3.8) is 0 Å². The number of anilines is 1. The van der Waals surface area contributed by atoms with Crippen LogP contribution in [0.3, 0.4) is 0 Å². The second kappa shape index (κ2) is 7.15. The number of fused-ring (bicyclic) bond motifs is 1. The lowest BCUT2D eigenvalue weighted by atomic mass is 10.2. The third kappa shape index (κ3) is 3.35. The average molecular weight is 385 g/mol. The van der Waals surface area contributed by atoms with Crippen molar-refractivity contribution in [1.29, 1.82) is 0 Å². The van der Waals surface area contributed by atoms with Crippen LogP contribution in [0, 0.1) is 0 Å². The SMILES string of the molecule is CC(=O)N1CCCN(c2cc(-c3nc4cccnc4n3C)c(Cl)cn2)CC1. The second-order valence-corrected chi connectivity index (χ2v) is 7.12. The van der Waals surface area contributed by atoms with Gasteiger partial charge in [-0.3, -0.25) is 4.79 Å². The van der Waals surface area contributed by atoms with Crippen LogP contribution in [0.4, 0.5) is 5.82 Å². The highest BCUT2D eigenvalue weighted by Gasteiger charge is 2.20. The number of carbonyl (C=O) groups is 1. The number of imidazole rings is 1. The van der Waals surface area contributed by atoms with E-state index in [9.17, 15) is 4.79 Å². The van der Waals surface area contributed by atoms with Gasteiger partial charge >= 0.3 is 0 Å². The molecular formula is C19H21ClN6O. The van der Waals surface area contributed by atoms with Crippen molar-refractivity contribution in [3.8, 4) is 11.4 Å². The Morgan fingerprint density at radius 3 is 2.81 bits per heavy atom. The highest BCUT2D eigenvalue weighted by Crippen LogP contribution is 2.31. The molecule has 0 radical (unpaired) electrons. The zero-order valence-corrected chi connectivity index (χ0v) is 16.1. The van der Waals surface area contributed by atoms with Crippen LogP contribution in [-0.2, 0) is 11.8 Å². The van der Waals surface area contributed by atoms with Gasteiger partial charge in [-0.15, -0.1) is 0 Å². The molecule has 0 unspecified atom stereocenters. The van der Waals surface area contributed by atoms with Crippen LogP contribution >= 0.6 is 11.6 Å². The van der Waals surface area contributed by atoms with E-state index in [1.807, 2.05) is 34.7 Å². The molecule has 27 heavy (non-hydrogen) atoms. The van der Waals surface area contributed by atoms with Gasteiger partial charge in [0.25, 0.3) is 0 Å². The largest absolute Gasteiger partial charge is 0.355 e. The van der Waals surface area contributed by atoms with Crippen molar-refractivity contribution in [2.45, 2.75) is 13.3 Å². The number of hydrogen-bond donors (Lipinski definition) is 0. The van der Waals surface area contributed by atoms with Crippen LogP contribution in [0.2, 0.25) is 5.02 Å². The van der Waals surface area contributed by atoms with Crippen molar-refractivity contribution in [2.75, 3.05) is 31.1 Å². The molecular weight excluding hydrogens is 364 g/mol. The van der Waals surface area contributed by atoms with Crippen LogP contribution in [-0.4, -0.2) is 56.5 Å². The van der Waals surface area contributed by atoms with E-state index in [2.05, 4.69) is 14.9 Å². The molecule has 4 rings (SSSR count). The smallest absolute Gasteiger partial charge is 0.219 e. The Labute approximate surface area is 162 Å². The third-order valence-corrected chi connectivity index (χ3v) is 5.28. The molecule has 0 N–H and O–H groups in total. The van der Waals surface area contributed by atoms with Gasteiger partial charge in [0, 0.05) is 58.1 Å². The first-order chi connectivity index (χ1) is 13.0. The maximum atomic E-state index is 11.7. The minimum Gasteiger partial charge on any atom is -0.355 e. The van der Waals surface area contributed by atoms with E-state index in [1.54, 1.807) is 19.3 Å². The van der Waals surface area contributed by atoms with Gasteiger partial charge in [0.05, 0.1) is 5.02 Å². The van der Waals surface area contributed by atoms with Gasteiger partial charge in [-0.1, -0.05) is 11.6 Å². The number of carbonyl (C=O) groups excluding carboxylic acids is 1. The number of aromatic nitrogens is 4. The molecule has 0 spiro atoms.